The van der Waals surface area contributed by atoms with E-state index in [2.05, 4.69) is 10.3 Å². The molecular formula is C14H12N2O4S. The normalized spacial score (nSPS) is 17.8. The van der Waals surface area contributed by atoms with Crippen molar-refractivity contribution in [3.8, 4) is 0 Å². The molecule has 108 valence electrons. The number of hydrogen-bond acceptors (Lipinski definition) is 6. The summed E-state index contributed by atoms with van der Waals surface area (Å²) in [5.74, 6) is -0.651. The van der Waals surface area contributed by atoms with Gasteiger partial charge in [0.25, 0.3) is 0 Å². The number of nitrogens with one attached hydrogen (secondary N) is 1. The molecule has 0 saturated carbocycles. The molecule has 2 aromatic rings. The number of benzene rings is 1. The van der Waals surface area contributed by atoms with Crippen molar-refractivity contribution in [2.45, 2.75) is 6.04 Å². The number of hydrogen-bond donors (Lipinski definition) is 2. The van der Waals surface area contributed by atoms with E-state index in [1.165, 1.54) is 11.8 Å². The summed E-state index contributed by atoms with van der Waals surface area (Å²) in [7, 11) is 1.78. The summed E-state index contributed by atoms with van der Waals surface area (Å²) in [5.41, 5.74) is 1.13. The molecule has 0 spiro atoms. The molecule has 7 heteroatoms. The predicted molar refractivity (Wildman–Crippen MR) is 82.4 cm³/mol. The van der Waals surface area contributed by atoms with Crippen LogP contribution < -0.4 is 10.9 Å². The third kappa shape index (κ3) is 2.52. The fraction of sp³-hybridized carbons (Fsp3) is 0.214. The quantitative estimate of drug-likeness (QED) is 0.840. The van der Waals surface area contributed by atoms with Crippen LogP contribution in [0.1, 0.15) is 5.56 Å². The Balaban J connectivity index is 2.08. The topological polar surface area (TPSA) is 91.9 Å². The van der Waals surface area contributed by atoms with E-state index < -0.39 is 17.6 Å². The third-order valence-electron chi connectivity index (χ3n) is 3.19. The summed E-state index contributed by atoms with van der Waals surface area (Å²) < 4.78 is 5.31. The van der Waals surface area contributed by atoms with Crippen LogP contribution in [0.5, 0.6) is 0 Å². The Morgan fingerprint density at radius 1 is 1.48 bits per heavy atom. The first-order chi connectivity index (χ1) is 10.1. The number of aliphatic imine (C=N–C) groups is 1. The van der Waals surface area contributed by atoms with Gasteiger partial charge in [-0.1, -0.05) is 0 Å². The summed E-state index contributed by atoms with van der Waals surface area (Å²) >= 11 is 1.26. The Labute approximate surface area is 123 Å². The summed E-state index contributed by atoms with van der Waals surface area (Å²) in [6.45, 7) is 0. The first-order valence-corrected chi connectivity index (χ1v) is 7.26. The van der Waals surface area contributed by atoms with Gasteiger partial charge in [-0.2, -0.15) is 0 Å². The van der Waals surface area contributed by atoms with Crippen LogP contribution in [0.25, 0.3) is 11.0 Å². The van der Waals surface area contributed by atoms with Gasteiger partial charge in [-0.05, 0) is 18.2 Å². The van der Waals surface area contributed by atoms with Gasteiger partial charge >= 0.3 is 11.6 Å². The molecule has 21 heavy (non-hydrogen) atoms. The lowest BCUT2D eigenvalue weighted by atomic mass is 10.2. The smallest absolute Gasteiger partial charge is 0.346 e. The second-order valence-corrected chi connectivity index (χ2v) is 5.56. The number of nitrogens with zero attached hydrogens (tertiary/aromatic N) is 1. The SMILES string of the molecule is CNc1ccc2cc(C3=N[C@@H](C(=O)O)CS3)c(=O)oc2c1. The Bertz CT molecular complexity index is 812. The molecule has 1 aliphatic heterocycles. The highest BCUT2D eigenvalue weighted by Gasteiger charge is 2.27. The fourth-order valence-corrected chi connectivity index (χ4v) is 3.10. The highest BCUT2D eigenvalue weighted by Crippen LogP contribution is 2.25. The summed E-state index contributed by atoms with van der Waals surface area (Å²) in [6, 6.07) is 6.34. The molecule has 0 radical (unpaired) electrons. The lowest BCUT2D eigenvalue weighted by Crippen LogP contribution is -2.17. The number of carboxylic acid groups (broad SMARTS) is 1. The van der Waals surface area contributed by atoms with E-state index in [0.717, 1.165) is 11.1 Å². The van der Waals surface area contributed by atoms with Crippen molar-refractivity contribution in [1.29, 1.82) is 0 Å². The molecule has 3 rings (SSSR count). The maximum atomic E-state index is 12.1. The van der Waals surface area contributed by atoms with Crippen LogP contribution in [-0.2, 0) is 4.79 Å². The Morgan fingerprint density at radius 3 is 2.95 bits per heavy atom. The maximum absolute atomic E-state index is 12.1. The van der Waals surface area contributed by atoms with Gasteiger partial charge in [0.1, 0.15) is 10.6 Å². The highest BCUT2D eigenvalue weighted by atomic mass is 32.2. The van der Waals surface area contributed by atoms with E-state index in [1.54, 1.807) is 19.2 Å². The zero-order valence-electron chi connectivity index (χ0n) is 11.1. The van der Waals surface area contributed by atoms with Crippen molar-refractivity contribution >= 4 is 39.4 Å². The van der Waals surface area contributed by atoms with Gasteiger partial charge in [-0.3, -0.25) is 4.99 Å². The largest absolute Gasteiger partial charge is 0.480 e. The molecule has 0 amide bonds. The van der Waals surface area contributed by atoms with E-state index in [9.17, 15) is 9.59 Å². The molecule has 1 atom stereocenters. The first-order valence-electron chi connectivity index (χ1n) is 6.28. The average molecular weight is 304 g/mol. The molecule has 0 bridgehead atoms. The van der Waals surface area contributed by atoms with Gasteiger partial charge < -0.3 is 14.8 Å². The second-order valence-electron chi connectivity index (χ2n) is 4.55. The molecule has 0 fully saturated rings. The molecule has 1 aliphatic rings. The van der Waals surface area contributed by atoms with Crippen LogP contribution in [0, 0.1) is 0 Å². The first kappa shape index (κ1) is 13.7. The highest BCUT2D eigenvalue weighted by molar-refractivity contribution is 8.14. The minimum atomic E-state index is -0.985. The average Bonchev–Trinajstić information content (AvgIpc) is 2.95. The van der Waals surface area contributed by atoms with Crippen LogP contribution in [0.15, 0.2) is 38.5 Å². The maximum Gasteiger partial charge on any atom is 0.346 e. The van der Waals surface area contributed by atoms with Crippen molar-refractivity contribution in [1.82, 2.24) is 0 Å². The minimum absolute atomic E-state index is 0.313. The molecule has 1 aromatic heterocycles. The van der Waals surface area contributed by atoms with Crippen molar-refractivity contribution in [2.24, 2.45) is 4.99 Å². The number of carboxylic acids is 1. The van der Waals surface area contributed by atoms with Crippen LogP contribution >= 0.6 is 11.8 Å². The van der Waals surface area contributed by atoms with Gasteiger partial charge in [0.2, 0.25) is 0 Å². The molecule has 2 N–H and O–H groups in total. The number of anilines is 1. The lowest BCUT2D eigenvalue weighted by Gasteiger charge is -2.04. The van der Waals surface area contributed by atoms with Crippen molar-refractivity contribution in [3.05, 3.63) is 40.2 Å². The molecule has 1 aromatic carbocycles. The molecular weight excluding hydrogens is 292 g/mol. The lowest BCUT2D eigenvalue weighted by molar-refractivity contribution is -0.137. The molecule has 0 aliphatic carbocycles. The predicted octanol–water partition coefficient (Wildman–Crippen LogP) is 1.78. The fourth-order valence-electron chi connectivity index (χ4n) is 2.06. The number of rotatable bonds is 3. The van der Waals surface area contributed by atoms with Gasteiger partial charge in [-0.15, -0.1) is 11.8 Å². The third-order valence-corrected chi connectivity index (χ3v) is 4.27. The monoisotopic (exact) mass is 304 g/mol. The zero-order valence-corrected chi connectivity index (χ0v) is 11.9. The van der Waals surface area contributed by atoms with E-state index in [0.29, 0.717) is 21.9 Å². The van der Waals surface area contributed by atoms with Crippen molar-refractivity contribution in [2.75, 3.05) is 18.1 Å². The number of thioether (sulfide) groups is 1. The zero-order chi connectivity index (χ0) is 15.0. The van der Waals surface area contributed by atoms with Gasteiger partial charge in [0, 0.05) is 29.9 Å². The van der Waals surface area contributed by atoms with E-state index >= 15 is 0 Å². The van der Waals surface area contributed by atoms with Crippen LogP contribution in [0.3, 0.4) is 0 Å². The summed E-state index contributed by atoms with van der Waals surface area (Å²) in [6.07, 6.45) is 0. The van der Waals surface area contributed by atoms with Gasteiger partial charge in [0.05, 0.1) is 5.56 Å². The number of fused-ring (bicyclic) bond motifs is 1. The number of carbonyl (C=O) groups is 1. The Kier molecular flexibility index (Phi) is 3.42. The van der Waals surface area contributed by atoms with E-state index in [1.807, 2.05) is 12.1 Å². The second kappa shape index (κ2) is 5.25. The summed E-state index contributed by atoms with van der Waals surface area (Å²) in [5, 5.41) is 13.1. The summed E-state index contributed by atoms with van der Waals surface area (Å²) in [4.78, 5) is 27.1. The standard InChI is InChI=1S/C14H12N2O4S/c1-15-8-3-2-7-4-9(14(19)20-11(7)5-8)12-16-10(6-21-12)13(17)18/h2-5,10,15H,6H2,1H3,(H,17,18)/t10-/m1/s1. The van der Waals surface area contributed by atoms with Crippen LogP contribution in [0.4, 0.5) is 5.69 Å². The molecule has 0 saturated heterocycles. The van der Waals surface area contributed by atoms with Crippen molar-refractivity contribution in [3.63, 3.8) is 0 Å². The number of aliphatic carboxylic acids is 1. The minimum Gasteiger partial charge on any atom is -0.480 e. The van der Waals surface area contributed by atoms with Gasteiger partial charge in [0.15, 0.2) is 6.04 Å². The molecule has 0 unspecified atom stereocenters. The van der Waals surface area contributed by atoms with Crippen LogP contribution in [0.2, 0.25) is 0 Å². The van der Waals surface area contributed by atoms with Crippen LogP contribution in [-0.4, -0.2) is 35.0 Å². The Morgan fingerprint density at radius 2 is 2.29 bits per heavy atom. The van der Waals surface area contributed by atoms with E-state index in [-0.39, 0.29) is 0 Å². The molecule has 2 heterocycles. The Hall–Kier alpha value is -2.28. The van der Waals surface area contributed by atoms with Gasteiger partial charge in [-0.25, -0.2) is 9.59 Å². The molecule has 6 nitrogen and oxygen atoms in total. The van der Waals surface area contributed by atoms with E-state index in [4.69, 9.17) is 9.52 Å². The van der Waals surface area contributed by atoms with Crippen molar-refractivity contribution < 1.29 is 14.3 Å².